The van der Waals surface area contributed by atoms with Gasteiger partial charge in [-0.05, 0) is 143 Å². The molecule has 3 fully saturated rings. The summed E-state index contributed by atoms with van der Waals surface area (Å²) >= 11 is 0. The molecule has 3 aliphatic rings. The number of nitrogens with zero attached hydrogens (tertiary/aromatic N) is 4. The van der Waals surface area contributed by atoms with Crippen molar-refractivity contribution in [1.82, 2.24) is 16.0 Å². The molecule has 0 unspecified atom stereocenters. The topological polar surface area (TPSA) is 234 Å². The Morgan fingerprint density at radius 1 is 0.549 bits per heavy atom. The number of hydrogen-bond donors (Lipinski definition) is 4. The maximum atomic E-state index is 12.4. The van der Waals surface area contributed by atoms with Crippen molar-refractivity contribution in [1.29, 1.82) is 0 Å². The van der Waals surface area contributed by atoms with Gasteiger partial charge in [0.2, 0.25) is 5.82 Å². The number of piperidine rings is 2. The molecule has 3 aromatic rings. The summed E-state index contributed by atoms with van der Waals surface area (Å²) in [6.07, 6.45) is 9.28. The maximum absolute atomic E-state index is 12.4. The fraction of sp³-hybridized carbons (Fsp3) is 0.596. The summed E-state index contributed by atoms with van der Waals surface area (Å²) in [5, 5.41) is 29.6. The number of hydrogen-bond acceptors (Lipinski definition) is 13. The molecule has 0 bridgehead atoms. The van der Waals surface area contributed by atoms with E-state index in [0.717, 1.165) is 81.9 Å². The van der Waals surface area contributed by atoms with E-state index in [1.807, 2.05) is 91.5 Å². The molecule has 0 aromatic heterocycles. The zero-order chi connectivity index (χ0) is 52.8. The number of anilines is 3. The van der Waals surface area contributed by atoms with Crippen LogP contribution >= 0.6 is 0 Å². The van der Waals surface area contributed by atoms with Gasteiger partial charge in [-0.3, -0.25) is 20.2 Å². The quantitative estimate of drug-likeness (QED) is 0.0641. The molecule has 1 aliphatic carbocycles. The van der Waals surface area contributed by atoms with Gasteiger partial charge in [-0.1, -0.05) is 55.7 Å². The Hall–Kier alpha value is -6.40. The van der Waals surface area contributed by atoms with Crippen LogP contribution < -0.4 is 31.5 Å². The van der Waals surface area contributed by atoms with Gasteiger partial charge in [0.1, 0.15) is 22.5 Å². The molecule has 394 valence electrons. The number of carbonyl (C=O) groups excluding carboxylic acids is 3. The fourth-order valence-electron chi connectivity index (χ4n) is 8.03. The van der Waals surface area contributed by atoms with Crippen LogP contribution in [0.4, 0.5) is 47.2 Å². The van der Waals surface area contributed by atoms with Crippen LogP contribution in [-0.4, -0.2) is 90.7 Å². The van der Waals surface area contributed by atoms with Crippen LogP contribution in [0.25, 0.3) is 0 Å². The van der Waals surface area contributed by atoms with Crippen molar-refractivity contribution in [3.8, 4) is 0 Å². The first-order valence-corrected chi connectivity index (χ1v) is 24.7. The van der Waals surface area contributed by atoms with E-state index in [-0.39, 0.29) is 22.8 Å². The number of nitro groups is 2. The largest absolute Gasteiger partial charge is 0.444 e. The average Bonchev–Trinajstić information content (AvgIpc) is 3.29. The first-order chi connectivity index (χ1) is 33.3. The summed E-state index contributed by atoms with van der Waals surface area (Å²) in [5.74, 6) is 0.712. The molecule has 3 aromatic carbocycles. The first-order valence-electron chi connectivity index (χ1n) is 24.7. The number of rotatable bonds is 10. The van der Waals surface area contributed by atoms with Crippen molar-refractivity contribution >= 4 is 46.7 Å². The zero-order valence-electron chi connectivity index (χ0n) is 43.3. The van der Waals surface area contributed by atoms with Gasteiger partial charge >= 0.3 is 24.0 Å². The number of nitrogen functional groups attached to an aromatic ring is 1. The molecule has 18 nitrogen and oxygen atoms in total. The molecule has 0 spiro atoms. The number of alkyl carbamates (subject to hydrolysis) is 3. The smallest absolute Gasteiger partial charge is 0.407 e. The molecule has 0 radical (unpaired) electrons. The lowest BCUT2D eigenvalue weighted by molar-refractivity contribution is -0.387. The van der Waals surface area contributed by atoms with Gasteiger partial charge in [0.05, 0.1) is 21.2 Å². The highest BCUT2D eigenvalue weighted by Gasteiger charge is 2.26. The molecule has 6 rings (SSSR count). The SMILES string of the molecule is CC(C)(C)OC(=O)NCC1CCCCC1.CC(C)(C)OC(=O)NCC1CCN(c2ccccc2N)CC1.CC(C)(C)OC(=O)NCC1CCN(c2ccccc2[N+](=O)[O-])CC1.O=[N+]([O-])c1ccccc1F. The number of nitrogens with one attached hydrogen (secondary N) is 3. The van der Waals surface area contributed by atoms with Crippen molar-refractivity contribution in [2.45, 2.75) is 137 Å². The van der Waals surface area contributed by atoms with Crippen LogP contribution in [0.2, 0.25) is 0 Å². The van der Waals surface area contributed by atoms with E-state index in [1.54, 1.807) is 12.1 Å². The van der Waals surface area contributed by atoms with E-state index in [9.17, 15) is 39.0 Å². The summed E-state index contributed by atoms with van der Waals surface area (Å²) in [6, 6.07) is 19.8. The lowest BCUT2D eigenvalue weighted by Crippen LogP contribution is -2.40. The van der Waals surface area contributed by atoms with Crippen molar-refractivity contribution in [3.63, 3.8) is 0 Å². The number of nitro benzene ring substituents is 2. The van der Waals surface area contributed by atoms with Gasteiger partial charge in [-0.25, -0.2) is 14.4 Å². The lowest BCUT2D eigenvalue weighted by atomic mass is 9.89. The molecule has 71 heavy (non-hydrogen) atoms. The normalized spacial score (nSPS) is 15.7. The number of nitrogens with two attached hydrogens (primary N) is 1. The molecule has 0 atom stereocenters. The Balaban J connectivity index is 0.000000262. The van der Waals surface area contributed by atoms with E-state index >= 15 is 0 Å². The fourth-order valence-corrected chi connectivity index (χ4v) is 8.03. The van der Waals surface area contributed by atoms with Crippen molar-refractivity contribution in [2.24, 2.45) is 17.8 Å². The molecule has 19 heteroatoms. The van der Waals surface area contributed by atoms with E-state index in [1.165, 1.54) is 50.3 Å². The van der Waals surface area contributed by atoms with Gasteiger partial charge in [-0.2, -0.15) is 4.39 Å². The second kappa shape index (κ2) is 28.4. The summed E-state index contributed by atoms with van der Waals surface area (Å²) < 4.78 is 28.1. The second-order valence-corrected chi connectivity index (χ2v) is 21.0. The molecule has 5 N–H and O–H groups in total. The lowest BCUT2D eigenvalue weighted by Gasteiger charge is -2.34. The number of halogens is 1. The summed E-state index contributed by atoms with van der Waals surface area (Å²) in [5.41, 5.74) is 6.95. The molecule has 2 saturated heterocycles. The van der Waals surface area contributed by atoms with Crippen LogP contribution in [0.1, 0.15) is 120 Å². The van der Waals surface area contributed by atoms with E-state index in [2.05, 4.69) is 26.9 Å². The highest BCUT2D eigenvalue weighted by atomic mass is 19.1. The summed E-state index contributed by atoms with van der Waals surface area (Å²) in [4.78, 5) is 59.1. The number of amides is 3. The Morgan fingerprint density at radius 3 is 1.25 bits per heavy atom. The Morgan fingerprint density at radius 2 is 0.887 bits per heavy atom. The van der Waals surface area contributed by atoms with Gasteiger partial charge in [0, 0.05) is 57.9 Å². The third-order valence-corrected chi connectivity index (χ3v) is 11.5. The zero-order valence-corrected chi connectivity index (χ0v) is 43.3. The second-order valence-electron chi connectivity index (χ2n) is 21.0. The predicted octanol–water partition coefficient (Wildman–Crippen LogP) is 11.2. The summed E-state index contributed by atoms with van der Waals surface area (Å²) in [7, 11) is 0. The minimum Gasteiger partial charge on any atom is -0.444 e. The van der Waals surface area contributed by atoms with E-state index < -0.39 is 39.3 Å². The van der Waals surface area contributed by atoms with E-state index in [0.29, 0.717) is 36.5 Å². The van der Waals surface area contributed by atoms with Crippen LogP contribution in [-0.2, 0) is 14.2 Å². The minimum absolute atomic E-state index is 0.142. The standard InChI is InChI=1S/C17H25N3O4.C17H27N3O2.C12H23NO2.C6H4FNO2/c1-17(2,3)24-16(21)18-12-13-8-10-19(11-9-13)14-6-4-5-7-15(14)20(22)23;1-17(2,3)22-16(21)19-12-13-8-10-20(11-9-13)15-7-5-4-6-14(15)18;1-12(2,3)15-11(14)13-9-10-7-5-4-6-8-10;7-5-3-1-2-4-6(5)8(9)10/h4-7,13H,8-12H2,1-3H3,(H,18,21);4-7,13H,8-12,18H2,1-3H3,(H,19,21);10H,4-9H2,1-3H3,(H,13,14);1-4H. The molecular formula is C52H79FN8O10. The van der Waals surface area contributed by atoms with Crippen LogP contribution in [0, 0.1) is 43.8 Å². The minimum atomic E-state index is -0.799. The molecular weight excluding hydrogens is 916 g/mol. The van der Waals surface area contributed by atoms with Crippen molar-refractivity contribution in [3.05, 3.63) is 98.8 Å². The molecule has 3 amide bonds. The monoisotopic (exact) mass is 995 g/mol. The number of carbonyl (C=O) groups is 3. The van der Waals surface area contributed by atoms with Crippen LogP contribution in [0.15, 0.2) is 72.8 Å². The third kappa shape index (κ3) is 23.8. The number of para-hydroxylation sites is 5. The molecule has 2 aliphatic heterocycles. The molecule has 2 heterocycles. The Bertz CT molecular complexity index is 2140. The van der Waals surface area contributed by atoms with Crippen molar-refractivity contribution in [2.75, 3.05) is 61.3 Å². The highest BCUT2D eigenvalue weighted by Crippen LogP contribution is 2.31. The Labute approximate surface area is 419 Å². The number of ether oxygens (including phenoxy) is 3. The van der Waals surface area contributed by atoms with Gasteiger partial charge in [0.15, 0.2) is 0 Å². The van der Waals surface area contributed by atoms with Gasteiger partial charge < -0.3 is 45.7 Å². The average molecular weight is 995 g/mol. The van der Waals surface area contributed by atoms with Crippen LogP contribution in [0.3, 0.4) is 0 Å². The summed E-state index contributed by atoms with van der Waals surface area (Å²) in [6.45, 7) is 22.2. The predicted molar refractivity (Wildman–Crippen MR) is 276 cm³/mol. The van der Waals surface area contributed by atoms with E-state index in [4.69, 9.17) is 19.9 Å². The van der Waals surface area contributed by atoms with Crippen molar-refractivity contribution < 1.29 is 42.8 Å². The molecule has 1 saturated carbocycles. The van der Waals surface area contributed by atoms with Gasteiger partial charge in [-0.15, -0.1) is 0 Å². The Kier molecular flexibility index (Phi) is 23.6. The first kappa shape index (κ1) is 58.9. The number of benzene rings is 3. The highest BCUT2D eigenvalue weighted by molar-refractivity contribution is 5.69. The maximum Gasteiger partial charge on any atom is 0.407 e. The third-order valence-electron chi connectivity index (χ3n) is 11.5. The van der Waals surface area contributed by atoms with Crippen LogP contribution in [0.5, 0.6) is 0 Å². The van der Waals surface area contributed by atoms with Gasteiger partial charge in [0.25, 0.3) is 5.69 Å².